The van der Waals surface area contributed by atoms with Crippen molar-refractivity contribution in [1.82, 2.24) is 0 Å². The third-order valence-corrected chi connectivity index (χ3v) is 3.84. The lowest BCUT2D eigenvalue weighted by molar-refractivity contribution is 0.342. The molecule has 0 bridgehead atoms. The fourth-order valence-electron chi connectivity index (χ4n) is 1.68. The Bertz CT molecular complexity index is 167. The van der Waals surface area contributed by atoms with Crippen LogP contribution in [0.25, 0.3) is 0 Å². The largest absolute Gasteiger partial charge is 0.0882 e. The molecule has 0 aliphatic heterocycles. The van der Waals surface area contributed by atoms with Crippen molar-refractivity contribution in [2.24, 2.45) is 23.7 Å². The Morgan fingerprint density at radius 2 is 1.60 bits per heavy atom. The van der Waals surface area contributed by atoms with Gasteiger partial charge in [0, 0.05) is 0 Å². The molecule has 0 saturated heterocycles. The highest BCUT2D eigenvalue weighted by molar-refractivity contribution is 4.89. The minimum Gasteiger partial charge on any atom is -0.0882 e. The van der Waals surface area contributed by atoms with Crippen LogP contribution < -0.4 is 0 Å². The Hall–Kier alpha value is -0.260. The van der Waals surface area contributed by atoms with Gasteiger partial charge in [0.2, 0.25) is 0 Å². The third-order valence-electron chi connectivity index (χ3n) is 3.84. The second kappa shape index (κ2) is 7.96. The van der Waals surface area contributed by atoms with E-state index >= 15 is 0 Å². The fraction of sp³-hybridized carbons (Fsp3) is 0.867. The quantitative estimate of drug-likeness (QED) is 0.500. The summed E-state index contributed by atoms with van der Waals surface area (Å²) >= 11 is 0. The van der Waals surface area contributed by atoms with Gasteiger partial charge < -0.3 is 0 Å². The second-order valence-electron chi connectivity index (χ2n) is 5.48. The van der Waals surface area contributed by atoms with Crippen molar-refractivity contribution in [3.05, 3.63) is 12.2 Å². The van der Waals surface area contributed by atoms with Gasteiger partial charge in [0.05, 0.1) is 0 Å². The Morgan fingerprint density at radius 1 is 1.00 bits per heavy atom. The van der Waals surface area contributed by atoms with E-state index in [1.54, 1.807) is 0 Å². The molecule has 3 atom stereocenters. The molecule has 0 aliphatic rings. The maximum atomic E-state index is 2.41. The zero-order valence-electron chi connectivity index (χ0n) is 11.6. The molecule has 0 heterocycles. The van der Waals surface area contributed by atoms with E-state index in [1.165, 1.54) is 19.3 Å². The SMILES string of the molecule is CCC(C)CCC=CC(C)C(C)C(C)C. The van der Waals surface area contributed by atoms with Gasteiger partial charge in [-0.15, -0.1) is 0 Å². The Balaban J connectivity index is 3.76. The summed E-state index contributed by atoms with van der Waals surface area (Å²) < 4.78 is 0. The van der Waals surface area contributed by atoms with Crippen LogP contribution in [-0.4, -0.2) is 0 Å². The van der Waals surface area contributed by atoms with Crippen molar-refractivity contribution in [2.75, 3.05) is 0 Å². The van der Waals surface area contributed by atoms with Crippen LogP contribution in [0.2, 0.25) is 0 Å². The fourth-order valence-corrected chi connectivity index (χ4v) is 1.68. The van der Waals surface area contributed by atoms with Crippen LogP contribution in [0.5, 0.6) is 0 Å². The zero-order valence-corrected chi connectivity index (χ0v) is 11.6. The number of hydrogen-bond acceptors (Lipinski definition) is 0. The summed E-state index contributed by atoms with van der Waals surface area (Å²) in [5.74, 6) is 3.19. The lowest BCUT2D eigenvalue weighted by Gasteiger charge is -2.20. The molecular formula is C15H30. The summed E-state index contributed by atoms with van der Waals surface area (Å²) in [4.78, 5) is 0. The van der Waals surface area contributed by atoms with Gasteiger partial charge in [0.1, 0.15) is 0 Å². The lowest BCUT2D eigenvalue weighted by atomic mass is 9.86. The maximum absolute atomic E-state index is 2.41. The molecule has 0 rings (SSSR count). The molecule has 0 fully saturated rings. The second-order valence-corrected chi connectivity index (χ2v) is 5.48. The van der Waals surface area contributed by atoms with Crippen molar-refractivity contribution < 1.29 is 0 Å². The van der Waals surface area contributed by atoms with Crippen LogP contribution in [0.3, 0.4) is 0 Å². The van der Waals surface area contributed by atoms with Crippen LogP contribution in [0.1, 0.15) is 60.8 Å². The summed E-state index contributed by atoms with van der Waals surface area (Å²) in [5.41, 5.74) is 0. The van der Waals surface area contributed by atoms with E-state index in [0.29, 0.717) is 0 Å². The molecule has 0 aliphatic carbocycles. The zero-order chi connectivity index (χ0) is 11.8. The van der Waals surface area contributed by atoms with Gasteiger partial charge in [-0.25, -0.2) is 0 Å². The molecular weight excluding hydrogens is 180 g/mol. The molecule has 90 valence electrons. The highest BCUT2D eigenvalue weighted by atomic mass is 14.2. The highest BCUT2D eigenvalue weighted by Gasteiger charge is 2.12. The number of allylic oxidation sites excluding steroid dienone is 2. The first-order valence-electron chi connectivity index (χ1n) is 6.65. The first-order chi connectivity index (χ1) is 6.99. The summed E-state index contributed by atoms with van der Waals surface area (Å²) in [7, 11) is 0. The van der Waals surface area contributed by atoms with E-state index in [2.05, 4.69) is 53.7 Å². The summed E-state index contributed by atoms with van der Waals surface area (Å²) in [5, 5.41) is 0. The van der Waals surface area contributed by atoms with Crippen LogP contribution in [-0.2, 0) is 0 Å². The number of rotatable bonds is 7. The molecule has 0 aromatic rings. The average Bonchev–Trinajstić information content (AvgIpc) is 2.22. The van der Waals surface area contributed by atoms with E-state index < -0.39 is 0 Å². The molecule has 0 aromatic carbocycles. The third kappa shape index (κ3) is 6.76. The normalized spacial score (nSPS) is 18.3. The molecule has 3 unspecified atom stereocenters. The van der Waals surface area contributed by atoms with Crippen LogP contribution in [0.4, 0.5) is 0 Å². The smallest absolute Gasteiger partial charge is 0.0234 e. The van der Waals surface area contributed by atoms with Crippen molar-refractivity contribution in [1.29, 1.82) is 0 Å². The van der Waals surface area contributed by atoms with Gasteiger partial charge in [0.25, 0.3) is 0 Å². The number of hydrogen-bond donors (Lipinski definition) is 0. The van der Waals surface area contributed by atoms with E-state index in [-0.39, 0.29) is 0 Å². The molecule has 0 spiro atoms. The molecule has 0 N–H and O–H groups in total. The molecule has 0 nitrogen and oxygen atoms in total. The van der Waals surface area contributed by atoms with Gasteiger partial charge in [-0.3, -0.25) is 0 Å². The van der Waals surface area contributed by atoms with Gasteiger partial charge in [0.15, 0.2) is 0 Å². The monoisotopic (exact) mass is 210 g/mol. The van der Waals surface area contributed by atoms with Crippen LogP contribution in [0, 0.1) is 23.7 Å². The van der Waals surface area contributed by atoms with Gasteiger partial charge in [-0.05, 0) is 36.5 Å². The van der Waals surface area contributed by atoms with Crippen molar-refractivity contribution in [3.63, 3.8) is 0 Å². The predicted octanol–water partition coefficient (Wildman–Crippen LogP) is 5.30. The van der Waals surface area contributed by atoms with E-state index in [9.17, 15) is 0 Å². The molecule has 0 heteroatoms. The summed E-state index contributed by atoms with van der Waals surface area (Å²) in [6, 6.07) is 0. The summed E-state index contributed by atoms with van der Waals surface area (Å²) in [6.45, 7) is 13.9. The topological polar surface area (TPSA) is 0 Å². The molecule has 0 amide bonds. The van der Waals surface area contributed by atoms with Crippen molar-refractivity contribution in [2.45, 2.75) is 60.8 Å². The molecule has 0 saturated carbocycles. The van der Waals surface area contributed by atoms with Gasteiger partial charge in [-0.1, -0.05) is 60.1 Å². The Kier molecular flexibility index (Phi) is 7.82. The minimum atomic E-state index is 0.724. The first kappa shape index (κ1) is 14.7. The van der Waals surface area contributed by atoms with Crippen LogP contribution in [0.15, 0.2) is 12.2 Å². The molecule has 0 radical (unpaired) electrons. The lowest BCUT2D eigenvalue weighted by Crippen LogP contribution is -2.11. The minimum absolute atomic E-state index is 0.724. The standard InChI is InChI=1S/C15H30/c1-7-13(4)10-8-9-11-14(5)15(6)12(2)3/h9,11-15H,7-8,10H2,1-6H3. The maximum Gasteiger partial charge on any atom is -0.0234 e. The van der Waals surface area contributed by atoms with Crippen molar-refractivity contribution in [3.8, 4) is 0 Å². The van der Waals surface area contributed by atoms with E-state index in [1.807, 2.05) is 0 Å². The van der Waals surface area contributed by atoms with Gasteiger partial charge >= 0.3 is 0 Å². The average molecular weight is 210 g/mol. The molecule has 0 aromatic heterocycles. The first-order valence-corrected chi connectivity index (χ1v) is 6.65. The Morgan fingerprint density at radius 3 is 2.07 bits per heavy atom. The summed E-state index contributed by atoms with van der Waals surface area (Å²) in [6.07, 6.45) is 8.70. The Labute approximate surface area is 97.2 Å². The van der Waals surface area contributed by atoms with E-state index in [4.69, 9.17) is 0 Å². The van der Waals surface area contributed by atoms with Crippen LogP contribution >= 0.6 is 0 Å². The highest BCUT2D eigenvalue weighted by Crippen LogP contribution is 2.21. The van der Waals surface area contributed by atoms with Gasteiger partial charge in [-0.2, -0.15) is 0 Å². The predicted molar refractivity (Wildman–Crippen MR) is 71.0 cm³/mol. The van der Waals surface area contributed by atoms with Crippen molar-refractivity contribution >= 4 is 0 Å². The van der Waals surface area contributed by atoms with E-state index in [0.717, 1.165) is 23.7 Å². The molecule has 15 heavy (non-hydrogen) atoms.